The van der Waals surface area contributed by atoms with Gasteiger partial charge in [0.25, 0.3) is 11.8 Å². The quantitative estimate of drug-likeness (QED) is 0.339. The van der Waals surface area contributed by atoms with Gasteiger partial charge in [-0.1, -0.05) is 58.7 Å². The van der Waals surface area contributed by atoms with E-state index in [9.17, 15) is 9.59 Å². The molecule has 0 radical (unpaired) electrons. The van der Waals surface area contributed by atoms with Crippen molar-refractivity contribution in [2.45, 2.75) is 11.8 Å². The van der Waals surface area contributed by atoms with E-state index in [4.69, 9.17) is 39.5 Å². The highest BCUT2D eigenvalue weighted by Crippen LogP contribution is 2.41. The number of halogens is 3. The molecule has 1 N–H and O–H groups in total. The summed E-state index contributed by atoms with van der Waals surface area (Å²) < 4.78 is 5.67. The SMILES string of the molecule is CCOc1ccccc1NC1=C(Sc2ccc(Cl)cc2)C(=O)N(c2cc(Cl)ccc2Cl)C1=O. The third-order valence-electron chi connectivity index (χ3n) is 4.67. The molecule has 0 unspecified atom stereocenters. The number of nitrogens with zero attached hydrogens (tertiary/aromatic N) is 1. The number of benzene rings is 3. The Balaban J connectivity index is 1.79. The number of carbonyl (C=O) groups is 2. The minimum Gasteiger partial charge on any atom is -0.492 e. The van der Waals surface area contributed by atoms with Crippen molar-refractivity contribution in [3.8, 4) is 5.75 Å². The van der Waals surface area contributed by atoms with Gasteiger partial charge in [-0.05, 0) is 61.5 Å². The predicted molar refractivity (Wildman–Crippen MR) is 135 cm³/mol. The molecule has 168 valence electrons. The molecule has 0 aromatic heterocycles. The van der Waals surface area contributed by atoms with Crippen molar-refractivity contribution in [2.24, 2.45) is 0 Å². The first-order valence-corrected chi connectivity index (χ1v) is 11.8. The van der Waals surface area contributed by atoms with Crippen LogP contribution in [0.1, 0.15) is 6.92 Å². The van der Waals surface area contributed by atoms with E-state index in [-0.39, 0.29) is 21.3 Å². The van der Waals surface area contributed by atoms with Crippen LogP contribution in [0.2, 0.25) is 15.1 Å². The molecule has 3 aromatic carbocycles. The smallest absolute Gasteiger partial charge is 0.283 e. The lowest BCUT2D eigenvalue weighted by molar-refractivity contribution is -0.120. The summed E-state index contributed by atoms with van der Waals surface area (Å²) in [6.45, 7) is 2.31. The summed E-state index contributed by atoms with van der Waals surface area (Å²) in [5.74, 6) is -0.504. The maximum Gasteiger partial charge on any atom is 0.283 e. The number of imide groups is 1. The summed E-state index contributed by atoms with van der Waals surface area (Å²) in [6.07, 6.45) is 0. The van der Waals surface area contributed by atoms with E-state index in [1.54, 1.807) is 48.5 Å². The fourth-order valence-electron chi connectivity index (χ4n) is 3.20. The molecule has 0 aliphatic carbocycles. The maximum absolute atomic E-state index is 13.5. The highest BCUT2D eigenvalue weighted by atomic mass is 35.5. The number of para-hydroxylation sites is 2. The number of rotatable bonds is 7. The van der Waals surface area contributed by atoms with Crippen molar-refractivity contribution >= 4 is 69.8 Å². The summed E-state index contributed by atoms with van der Waals surface area (Å²) in [7, 11) is 0. The molecule has 1 aliphatic rings. The largest absolute Gasteiger partial charge is 0.492 e. The zero-order chi connectivity index (χ0) is 23.5. The summed E-state index contributed by atoms with van der Waals surface area (Å²) in [4.78, 5) is 29.0. The Bertz CT molecular complexity index is 1260. The maximum atomic E-state index is 13.5. The molecule has 0 saturated heterocycles. The average Bonchev–Trinajstić information content (AvgIpc) is 3.02. The van der Waals surface area contributed by atoms with Gasteiger partial charge in [-0.2, -0.15) is 0 Å². The van der Waals surface area contributed by atoms with Crippen LogP contribution < -0.4 is 15.0 Å². The Labute approximate surface area is 210 Å². The first kappa shape index (κ1) is 23.5. The van der Waals surface area contributed by atoms with Gasteiger partial charge in [0.1, 0.15) is 16.4 Å². The van der Waals surface area contributed by atoms with Crippen LogP contribution in [0.3, 0.4) is 0 Å². The second-order valence-corrected chi connectivity index (χ2v) is 9.22. The van der Waals surface area contributed by atoms with E-state index in [1.807, 2.05) is 19.1 Å². The lowest BCUT2D eigenvalue weighted by Gasteiger charge is -2.17. The van der Waals surface area contributed by atoms with Crippen molar-refractivity contribution in [3.63, 3.8) is 0 Å². The summed E-state index contributed by atoms with van der Waals surface area (Å²) in [5, 5.41) is 4.26. The molecule has 3 aromatic rings. The van der Waals surface area contributed by atoms with Crippen molar-refractivity contribution in [2.75, 3.05) is 16.8 Å². The van der Waals surface area contributed by atoms with E-state index < -0.39 is 11.8 Å². The molecule has 9 heteroatoms. The predicted octanol–water partition coefficient (Wildman–Crippen LogP) is 7.03. The minimum atomic E-state index is -0.549. The van der Waals surface area contributed by atoms with Crippen LogP contribution in [0.25, 0.3) is 0 Å². The Morgan fingerprint density at radius 1 is 0.909 bits per heavy atom. The van der Waals surface area contributed by atoms with Crippen LogP contribution in [0.4, 0.5) is 11.4 Å². The summed E-state index contributed by atoms with van der Waals surface area (Å²) >= 11 is 19.6. The summed E-state index contributed by atoms with van der Waals surface area (Å²) in [6, 6.07) is 18.8. The molecule has 0 saturated carbocycles. The third kappa shape index (κ3) is 4.99. The number of hydrogen-bond donors (Lipinski definition) is 1. The van der Waals surface area contributed by atoms with Gasteiger partial charge >= 0.3 is 0 Å². The van der Waals surface area contributed by atoms with E-state index in [0.29, 0.717) is 28.1 Å². The normalized spacial score (nSPS) is 13.6. The van der Waals surface area contributed by atoms with Gasteiger partial charge in [-0.15, -0.1) is 0 Å². The first-order valence-electron chi connectivity index (χ1n) is 9.89. The van der Waals surface area contributed by atoms with Gasteiger partial charge < -0.3 is 10.1 Å². The number of hydrogen-bond acceptors (Lipinski definition) is 5. The number of ether oxygens (including phenoxy) is 1. The van der Waals surface area contributed by atoms with E-state index in [0.717, 1.165) is 21.6 Å². The molecule has 4 rings (SSSR count). The fraction of sp³-hybridized carbons (Fsp3) is 0.0833. The van der Waals surface area contributed by atoms with Gasteiger partial charge in [0.15, 0.2) is 0 Å². The lowest BCUT2D eigenvalue weighted by atomic mass is 10.2. The van der Waals surface area contributed by atoms with Crippen LogP contribution in [-0.4, -0.2) is 18.4 Å². The van der Waals surface area contributed by atoms with Crippen LogP contribution in [0.5, 0.6) is 5.75 Å². The second kappa shape index (κ2) is 10.1. The van der Waals surface area contributed by atoms with Crippen LogP contribution >= 0.6 is 46.6 Å². The number of amides is 2. The second-order valence-electron chi connectivity index (χ2n) is 6.86. The van der Waals surface area contributed by atoms with Gasteiger partial charge in [0.05, 0.1) is 23.0 Å². The molecule has 5 nitrogen and oxygen atoms in total. The third-order valence-corrected chi connectivity index (χ3v) is 6.57. The highest BCUT2D eigenvalue weighted by Gasteiger charge is 2.41. The van der Waals surface area contributed by atoms with Crippen molar-refractivity contribution < 1.29 is 14.3 Å². The van der Waals surface area contributed by atoms with Gasteiger partial charge in [0.2, 0.25) is 0 Å². The van der Waals surface area contributed by atoms with Crippen LogP contribution in [0.15, 0.2) is 82.2 Å². The molecule has 2 amide bonds. The lowest BCUT2D eigenvalue weighted by Crippen LogP contribution is -2.32. The average molecular weight is 520 g/mol. The molecule has 0 fully saturated rings. The van der Waals surface area contributed by atoms with Crippen LogP contribution in [-0.2, 0) is 9.59 Å². The van der Waals surface area contributed by atoms with Crippen molar-refractivity contribution in [3.05, 3.63) is 92.4 Å². The molecule has 1 aliphatic heterocycles. The fourth-order valence-corrected chi connectivity index (χ4v) is 4.62. The Morgan fingerprint density at radius 2 is 1.61 bits per heavy atom. The van der Waals surface area contributed by atoms with Crippen molar-refractivity contribution in [1.82, 2.24) is 0 Å². The van der Waals surface area contributed by atoms with Crippen molar-refractivity contribution in [1.29, 1.82) is 0 Å². The number of anilines is 2. The topological polar surface area (TPSA) is 58.6 Å². The minimum absolute atomic E-state index is 0.114. The molecule has 1 heterocycles. The zero-order valence-electron chi connectivity index (χ0n) is 17.3. The molecular weight excluding hydrogens is 503 g/mol. The molecular formula is C24H17Cl3N2O3S. The number of carbonyl (C=O) groups excluding carboxylic acids is 2. The van der Waals surface area contributed by atoms with Gasteiger partial charge in [0, 0.05) is 14.9 Å². The van der Waals surface area contributed by atoms with Gasteiger partial charge in [-0.25, -0.2) is 4.90 Å². The Kier molecular flexibility index (Phi) is 7.20. The zero-order valence-corrected chi connectivity index (χ0v) is 20.4. The molecule has 0 bridgehead atoms. The number of nitrogens with one attached hydrogen (secondary N) is 1. The summed E-state index contributed by atoms with van der Waals surface area (Å²) in [5.41, 5.74) is 0.884. The number of thioether (sulfide) groups is 1. The highest BCUT2D eigenvalue weighted by molar-refractivity contribution is 8.04. The first-order chi connectivity index (χ1) is 15.9. The van der Waals surface area contributed by atoms with E-state index >= 15 is 0 Å². The molecule has 33 heavy (non-hydrogen) atoms. The van der Waals surface area contributed by atoms with E-state index in [1.165, 1.54) is 6.07 Å². The Hall–Kier alpha value is -2.64. The molecule has 0 atom stereocenters. The standard InChI is InChI=1S/C24H17Cl3N2O3S/c1-2-32-20-6-4-3-5-18(20)28-21-22(33-16-10-7-14(25)8-11-16)24(31)29(23(21)30)19-13-15(26)9-12-17(19)27/h3-13,28H,2H2,1H3. The monoisotopic (exact) mass is 518 g/mol. The Morgan fingerprint density at radius 3 is 2.33 bits per heavy atom. The molecule has 0 spiro atoms. The van der Waals surface area contributed by atoms with E-state index in [2.05, 4.69) is 5.32 Å². The van der Waals surface area contributed by atoms with Crippen LogP contribution in [0, 0.1) is 0 Å². The van der Waals surface area contributed by atoms with Gasteiger partial charge in [-0.3, -0.25) is 9.59 Å².